The molecule has 2 rings (SSSR count). The number of hydrogen-bond donors (Lipinski definition) is 2. The van der Waals surface area contributed by atoms with E-state index in [2.05, 4.69) is 10.6 Å². The summed E-state index contributed by atoms with van der Waals surface area (Å²) in [5.74, 6) is 0.486. The van der Waals surface area contributed by atoms with Gasteiger partial charge in [0.25, 0.3) is 0 Å². The fourth-order valence-corrected chi connectivity index (χ4v) is 2.99. The van der Waals surface area contributed by atoms with Gasteiger partial charge >= 0.3 is 0 Å². The highest BCUT2D eigenvalue weighted by atomic mass is 35.5. The van der Waals surface area contributed by atoms with Gasteiger partial charge in [-0.15, -0.1) is 0 Å². The molecule has 0 bridgehead atoms. The summed E-state index contributed by atoms with van der Waals surface area (Å²) in [6, 6.07) is 12.2. The fraction of sp³-hybridized carbons (Fsp3) is 0.316. The van der Waals surface area contributed by atoms with Crippen molar-refractivity contribution in [1.29, 1.82) is 0 Å². The van der Waals surface area contributed by atoms with Gasteiger partial charge in [-0.3, -0.25) is 0 Å². The van der Waals surface area contributed by atoms with Crippen LogP contribution in [-0.2, 0) is 6.54 Å². The minimum absolute atomic E-state index is 0.246. The van der Waals surface area contributed by atoms with Gasteiger partial charge in [0.05, 0.1) is 13.2 Å². The third kappa shape index (κ3) is 5.56. The molecule has 0 aromatic heterocycles. The molecule has 0 amide bonds. The van der Waals surface area contributed by atoms with Crippen LogP contribution >= 0.6 is 23.8 Å². The van der Waals surface area contributed by atoms with Crippen molar-refractivity contribution < 1.29 is 9.13 Å². The Morgan fingerprint density at radius 2 is 1.88 bits per heavy atom. The summed E-state index contributed by atoms with van der Waals surface area (Å²) in [5.41, 5.74) is 1.54. The molecule has 0 unspecified atom stereocenters. The van der Waals surface area contributed by atoms with Crippen LogP contribution in [0.15, 0.2) is 42.5 Å². The quantitative estimate of drug-likeness (QED) is 0.698. The van der Waals surface area contributed by atoms with Gasteiger partial charge in [0.1, 0.15) is 11.6 Å². The van der Waals surface area contributed by atoms with Gasteiger partial charge in [-0.25, -0.2) is 4.39 Å². The average molecular weight is 396 g/mol. The van der Waals surface area contributed by atoms with E-state index in [-0.39, 0.29) is 11.9 Å². The van der Waals surface area contributed by atoms with E-state index in [1.165, 1.54) is 6.07 Å². The maximum atomic E-state index is 14.2. The summed E-state index contributed by atoms with van der Waals surface area (Å²) in [4.78, 5) is 1.91. The monoisotopic (exact) mass is 395 g/mol. The van der Waals surface area contributed by atoms with Gasteiger partial charge in [-0.1, -0.05) is 29.8 Å². The summed E-state index contributed by atoms with van der Waals surface area (Å²) in [5, 5.41) is 7.19. The van der Waals surface area contributed by atoms with E-state index in [9.17, 15) is 4.39 Å². The Bertz CT molecular complexity index is 720. The predicted octanol–water partition coefficient (Wildman–Crippen LogP) is 3.75. The molecule has 0 heterocycles. The Morgan fingerprint density at radius 1 is 1.19 bits per heavy atom. The molecule has 1 atom stereocenters. The zero-order chi connectivity index (χ0) is 19.1. The molecule has 2 N–H and O–H groups in total. The van der Waals surface area contributed by atoms with Crippen molar-refractivity contribution >= 4 is 28.9 Å². The van der Waals surface area contributed by atoms with Crippen LogP contribution in [0.4, 0.5) is 4.39 Å². The van der Waals surface area contributed by atoms with Crippen molar-refractivity contribution in [2.24, 2.45) is 0 Å². The molecule has 0 fully saturated rings. The first-order chi connectivity index (χ1) is 12.4. The molecule has 0 aliphatic carbocycles. The molecule has 0 saturated heterocycles. The first-order valence-corrected chi connectivity index (χ1v) is 8.96. The summed E-state index contributed by atoms with van der Waals surface area (Å²) in [7, 11) is 5.39. The topological polar surface area (TPSA) is 36.5 Å². The lowest BCUT2D eigenvalue weighted by atomic mass is 10.1. The van der Waals surface area contributed by atoms with Crippen molar-refractivity contribution in [3.63, 3.8) is 0 Å². The Balaban J connectivity index is 1.93. The van der Waals surface area contributed by atoms with E-state index >= 15 is 0 Å². The molecule has 4 nitrogen and oxygen atoms in total. The number of rotatable bonds is 7. The van der Waals surface area contributed by atoms with E-state index in [0.717, 1.165) is 11.3 Å². The van der Waals surface area contributed by atoms with Crippen LogP contribution in [0.3, 0.4) is 0 Å². The SMILES string of the molecule is COc1ccc(CNC(=S)NC[C@H](c2c(F)cccc2Cl)N(C)C)cc1. The molecule has 0 aliphatic rings. The van der Waals surface area contributed by atoms with Gasteiger partial charge in [0, 0.05) is 23.7 Å². The predicted molar refractivity (Wildman–Crippen MR) is 108 cm³/mol. The molecule has 26 heavy (non-hydrogen) atoms. The van der Waals surface area contributed by atoms with Crippen LogP contribution in [-0.4, -0.2) is 37.8 Å². The first-order valence-electron chi connectivity index (χ1n) is 8.17. The first kappa shape index (κ1) is 20.4. The Labute approximate surface area is 164 Å². The normalized spacial score (nSPS) is 11.9. The zero-order valence-electron chi connectivity index (χ0n) is 15.1. The van der Waals surface area contributed by atoms with Crippen LogP contribution in [0.2, 0.25) is 5.02 Å². The van der Waals surface area contributed by atoms with Crippen LogP contribution < -0.4 is 15.4 Å². The number of ether oxygens (including phenoxy) is 1. The molecule has 0 aliphatic heterocycles. The van der Waals surface area contributed by atoms with Crippen molar-refractivity contribution in [2.75, 3.05) is 27.7 Å². The highest BCUT2D eigenvalue weighted by Gasteiger charge is 2.21. The molecular formula is C19H23ClFN3OS. The van der Waals surface area contributed by atoms with Gasteiger partial charge in [0.2, 0.25) is 0 Å². The van der Waals surface area contributed by atoms with E-state index in [1.54, 1.807) is 19.2 Å². The lowest BCUT2D eigenvalue weighted by Gasteiger charge is -2.27. The molecule has 0 saturated carbocycles. The highest BCUT2D eigenvalue weighted by Crippen LogP contribution is 2.28. The molecule has 2 aromatic rings. The van der Waals surface area contributed by atoms with Crippen LogP contribution in [0.1, 0.15) is 17.2 Å². The van der Waals surface area contributed by atoms with Crippen molar-refractivity contribution in [3.05, 3.63) is 64.4 Å². The second-order valence-electron chi connectivity index (χ2n) is 6.03. The van der Waals surface area contributed by atoms with Crippen molar-refractivity contribution in [2.45, 2.75) is 12.6 Å². The summed E-state index contributed by atoms with van der Waals surface area (Å²) < 4.78 is 19.4. The molecule has 7 heteroatoms. The Hall–Kier alpha value is -1.89. The van der Waals surface area contributed by atoms with E-state index < -0.39 is 0 Å². The maximum Gasteiger partial charge on any atom is 0.166 e. The van der Waals surface area contributed by atoms with Gasteiger partial charge < -0.3 is 20.3 Å². The number of nitrogens with one attached hydrogen (secondary N) is 2. The minimum Gasteiger partial charge on any atom is -0.497 e. The van der Waals surface area contributed by atoms with E-state index in [4.69, 9.17) is 28.6 Å². The second kappa shape index (κ2) is 9.71. The van der Waals surface area contributed by atoms with Gasteiger partial charge in [-0.2, -0.15) is 0 Å². The second-order valence-corrected chi connectivity index (χ2v) is 6.84. The molecular weight excluding hydrogens is 373 g/mol. The molecule has 140 valence electrons. The maximum absolute atomic E-state index is 14.2. The lowest BCUT2D eigenvalue weighted by molar-refractivity contribution is 0.291. The van der Waals surface area contributed by atoms with Crippen LogP contribution in [0, 0.1) is 5.82 Å². The van der Waals surface area contributed by atoms with Crippen molar-refractivity contribution in [3.8, 4) is 5.75 Å². The smallest absolute Gasteiger partial charge is 0.166 e. The van der Waals surface area contributed by atoms with E-state index in [0.29, 0.717) is 28.8 Å². The van der Waals surface area contributed by atoms with Crippen LogP contribution in [0.5, 0.6) is 5.75 Å². The third-order valence-electron chi connectivity index (χ3n) is 4.02. The third-order valence-corrected chi connectivity index (χ3v) is 4.64. The minimum atomic E-state index is -0.324. The Morgan fingerprint density at radius 3 is 2.46 bits per heavy atom. The average Bonchev–Trinajstić information content (AvgIpc) is 2.62. The molecule has 0 spiro atoms. The molecule has 0 radical (unpaired) electrons. The number of likely N-dealkylation sites (N-methyl/N-ethyl adjacent to an activating group) is 1. The van der Waals surface area contributed by atoms with Gasteiger partial charge in [-0.05, 0) is 56.1 Å². The highest BCUT2D eigenvalue weighted by molar-refractivity contribution is 7.80. The fourth-order valence-electron chi connectivity index (χ4n) is 2.55. The number of benzene rings is 2. The standard InChI is InChI=1S/C19H23ClFN3OS/c1-24(2)17(18-15(20)5-4-6-16(18)21)12-23-19(26)22-11-13-7-9-14(25-3)10-8-13/h4-10,17H,11-12H2,1-3H3,(H2,22,23,26)/t17-/m1/s1. The number of hydrogen-bond acceptors (Lipinski definition) is 3. The number of thiocarbonyl (C=S) groups is 1. The summed E-state index contributed by atoms with van der Waals surface area (Å²) in [6.07, 6.45) is 0. The molecule has 2 aromatic carbocycles. The summed E-state index contributed by atoms with van der Waals surface area (Å²) >= 11 is 11.5. The Kier molecular flexibility index (Phi) is 7.63. The number of halogens is 2. The van der Waals surface area contributed by atoms with E-state index in [1.807, 2.05) is 43.3 Å². The zero-order valence-corrected chi connectivity index (χ0v) is 16.6. The van der Waals surface area contributed by atoms with Crippen molar-refractivity contribution in [1.82, 2.24) is 15.5 Å². The van der Waals surface area contributed by atoms with Gasteiger partial charge in [0.15, 0.2) is 5.11 Å². The number of nitrogens with zero attached hydrogens (tertiary/aromatic N) is 1. The summed E-state index contributed by atoms with van der Waals surface area (Å²) in [6.45, 7) is 1.02. The largest absolute Gasteiger partial charge is 0.497 e. The lowest BCUT2D eigenvalue weighted by Crippen LogP contribution is -2.40. The van der Waals surface area contributed by atoms with Crippen LogP contribution in [0.25, 0.3) is 0 Å². The number of methoxy groups -OCH3 is 1.